The fraction of sp³-hybridized carbons (Fsp3) is 0.529. The number of para-hydroxylation sites is 1. The maximum Gasteiger partial charge on any atom is 0.313 e. The molecule has 0 bridgehead atoms. The van der Waals surface area contributed by atoms with Gasteiger partial charge in [0.05, 0.1) is 0 Å². The summed E-state index contributed by atoms with van der Waals surface area (Å²) in [6.07, 6.45) is 8.34. The van der Waals surface area contributed by atoms with Gasteiger partial charge in [-0.3, -0.25) is 9.59 Å². The van der Waals surface area contributed by atoms with E-state index in [1.54, 1.807) is 12.1 Å². The Balaban J connectivity index is 2.06. The molecule has 2 amide bonds. The lowest BCUT2D eigenvalue weighted by Crippen LogP contribution is -2.35. The Morgan fingerprint density at radius 2 is 1.48 bits per heavy atom. The van der Waals surface area contributed by atoms with Crippen LogP contribution in [0.1, 0.15) is 51.9 Å². The lowest BCUT2D eigenvalue weighted by atomic mass is 10.1. The van der Waals surface area contributed by atoms with Gasteiger partial charge in [-0.2, -0.15) is 0 Å². The molecule has 0 heterocycles. The van der Waals surface area contributed by atoms with Gasteiger partial charge in [0, 0.05) is 12.2 Å². The minimum absolute atomic E-state index is 0.564. The number of nitrogens with one attached hydrogen (secondary N) is 2. The summed E-state index contributed by atoms with van der Waals surface area (Å²) in [5.74, 6) is -1.17. The summed E-state index contributed by atoms with van der Waals surface area (Å²) in [7, 11) is 0. The number of rotatable bonds is 9. The highest BCUT2D eigenvalue weighted by atomic mass is 16.2. The lowest BCUT2D eigenvalue weighted by molar-refractivity contribution is -0.136. The zero-order valence-electron chi connectivity index (χ0n) is 12.9. The first-order chi connectivity index (χ1) is 10.2. The fourth-order valence-electron chi connectivity index (χ4n) is 2.07. The van der Waals surface area contributed by atoms with Crippen LogP contribution in [0.3, 0.4) is 0 Å². The maximum absolute atomic E-state index is 11.6. The molecule has 21 heavy (non-hydrogen) atoms. The standard InChI is InChI=1S/C17H26N2O2/c1-2-3-4-5-6-7-11-14-18-16(20)17(21)19-15-12-9-8-10-13-15/h8-10,12-13H,2-7,11,14H2,1H3,(H,18,20)(H,19,21). The number of hydrogen-bond donors (Lipinski definition) is 2. The zero-order chi connectivity index (χ0) is 15.3. The number of unbranched alkanes of at least 4 members (excludes halogenated alkanes) is 6. The monoisotopic (exact) mass is 290 g/mol. The van der Waals surface area contributed by atoms with E-state index in [1.807, 2.05) is 18.2 Å². The maximum atomic E-state index is 11.6. The van der Waals surface area contributed by atoms with Crippen LogP contribution >= 0.6 is 0 Å². The Hall–Kier alpha value is -1.84. The van der Waals surface area contributed by atoms with Gasteiger partial charge in [0.2, 0.25) is 0 Å². The Kier molecular flexibility index (Phi) is 8.93. The van der Waals surface area contributed by atoms with E-state index in [1.165, 1.54) is 32.1 Å². The number of carbonyl (C=O) groups is 2. The molecule has 1 aromatic carbocycles. The van der Waals surface area contributed by atoms with Crippen LogP contribution in [0, 0.1) is 0 Å². The summed E-state index contributed by atoms with van der Waals surface area (Å²) in [6, 6.07) is 8.98. The molecule has 4 nitrogen and oxygen atoms in total. The molecule has 0 aliphatic carbocycles. The first kappa shape index (κ1) is 17.2. The highest BCUT2D eigenvalue weighted by Gasteiger charge is 2.12. The van der Waals surface area contributed by atoms with E-state index in [2.05, 4.69) is 17.6 Å². The molecule has 2 N–H and O–H groups in total. The van der Waals surface area contributed by atoms with Crippen molar-refractivity contribution < 1.29 is 9.59 Å². The summed E-state index contributed by atoms with van der Waals surface area (Å²) >= 11 is 0. The van der Waals surface area contributed by atoms with Gasteiger partial charge in [0.15, 0.2) is 0 Å². The normalized spacial score (nSPS) is 10.1. The van der Waals surface area contributed by atoms with Crippen molar-refractivity contribution in [2.24, 2.45) is 0 Å². The summed E-state index contributed by atoms with van der Waals surface area (Å²) in [5.41, 5.74) is 0.633. The van der Waals surface area contributed by atoms with E-state index in [0.717, 1.165) is 12.8 Å². The molecule has 116 valence electrons. The fourth-order valence-corrected chi connectivity index (χ4v) is 2.07. The van der Waals surface area contributed by atoms with Crippen molar-refractivity contribution in [2.45, 2.75) is 51.9 Å². The van der Waals surface area contributed by atoms with Crippen molar-refractivity contribution >= 4 is 17.5 Å². The van der Waals surface area contributed by atoms with E-state index >= 15 is 0 Å². The number of hydrogen-bond acceptors (Lipinski definition) is 2. The molecule has 1 rings (SSSR count). The quantitative estimate of drug-likeness (QED) is 0.540. The Morgan fingerprint density at radius 3 is 2.14 bits per heavy atom. The lowest BCUT2D eigenvalue weighted by Gasteiger charge is -2.06. The van der Waals surface area contributed by atoms with Gasteiger partial charge < -0.3 is 10.6 Å². The van der Waals surface area contributed by atoms with E-state index in [0.29, 0.717) is 12.2 Å². The molecule has 0 spiro atoms. The molecular weight excluding hydrogens is 264 g/mol. The molecule has 0 saturated carbocycles. The van der Waals surface area contributed by atoms with Crippen LogP contribution in [0.5, 0.6) is 0 Å². The van der Waals surface area contributed by atoms with E-state index in [-0.39, 0.29) is 0 Å². The zero-order valence-corrected chi connectivity index (χ0v) is 12.9. The highest BCUT2D eigenvalue weighted by Crippen LogP contribution is 2.06. The molecule has 0 atom stereocenters. The highest BCUT2D eigenvalue weighted by molar-refractivity contribution is 6.39. The summed E-state index contributed by atoms with van der Waals surface area (Å²) in [5, 5.41) is 5.22. The minimum Gasteiger partial charge on any atom is -0.348 e. The first-order valence-corrected chi connectivity index (χ1v) is 7.88. The predicted octanol–water partition coefficient (Wildman–Crippen LogP) is 3.49. The SMILES string of the molecule is CCCCCCCCCNC(=O)C(=O)Nc1ccccc1. The third kappa shape index (κ3) is 8.12. The molecule has 0 fully saturated rings. The van der Waals surface area contributed by atoms with Crippen molar-refractivity contribution in [1.82, 2.24) is 5.32 Å². The van der Waals surface area contributed by atoms with Gasteiger partial charge in [-0.05, 0) is 18.6 Å². The second-order valence-corrected chi connectivity index (χ2v) is 5.20. The van der Waals surface area contributed by atoms with Gasteiger partial charge in [-0.15, -0.1) is 0 Å². The molecule has 4 heteroatoms. The van der Waals surface area contributed by atoms with Crippen molar-refractivity contribution in [1.29, 1.82) is 0 Å². The summed E-state index contributed by atoms with van der Waals surface area (Å²) in [6.45, 7) is 2.77. The Morgan fingerprint density at radius 1 is 0.857 bits per heavy atom. The van der Waals surface area contributed by atoms with Gasteiger partial charge in [-0.1, -0.05) is 63.6 Å². The first-order valence-electron chi connectivity index (χ1n) is 7.88. The largest absolute Gasteiger partial charge is 0.348 e. The summed E-state index contributed by atoms with van der Waals surface area (Å²) in [4.78, 5) is 23.2. The number of benzene rings is 1. The topological polar surface area (TPSA) is 58.2 Å². The van der Waals surface area contributed by atoms with E-state index in [9.17, 15) is 9.59 Å². The average molecular weight is 290 g/mol. The van der Waals surface area contributed by atoms with Crippen LogP contribution in [0.15, 0.2) is 30.3 Å². The van der Waals surface area contributed by atoms with Gasteiger partial charge >= 0.3 is 11.8 Å². The van der Waals surface area contributed by atoms with Crippen molar-refractivity contribution in [3.63, 3.8) is 0 Å². The predicted molar refractivity (Wildman–Crippen MR) is 86.1 cm³/mol. The van der Waals surface area contributed by atoms with E-state index in [4.69, 9.17) is 0 Å². The second kappa shape index (κ2) is 10.9. The molecule has 0 aromatic heterocycles. The van der Waals surface area contributed by atoms with Crippen LogP contribution in [-0.4, -0.2) is 18.4 Å². The van der Waals surface area contributed by atoms with Crippen LogP contribution in [0.2, 0.25) is 0 Å². The second-order valence-electron chi connectivity index (χ2n) is 5.20. The summed E-state index contributed by atoms with van der Waals surface area (Å²) < 4.78 is 0. The van der Waals surface area contributed by atoms with Crippen molar-refractivity contribution in [2.75, 3.05) is 11.9 Å². The van der Waals surface area contributed by atoms with Gasteiger partial charge in [-0.25, -0.2) is 0 Å². The van der Waals surface area contributed by atoms with Crippen LogP contribution in [0.25, 0.3) is 0 Å². The Labute approximate surface area is 127 Å². The third-order valence-corrected chi connectivity index (χ3v) is 3.30. The average Bonchev–Trinajstić information content (AvgIpc) is 2.50. The van der Waals surface area contributed by atoms with Gasteiger partial charge in [0.1, 0.15) is 0 Å². The van der Waals surface area contributed by atoms with Gasteiger partial charge in [0.25, 0.3) is 0 Å². The number of anilines is 1. The van der Waals surface area contributed by atoms with E-state index < -0.39 is 11.8 Å². The smallest absolute Gasteiger partial charge is 0.313 e. The van der Waals surface area contributed by atoms with Crippen LogP contribution < -0.4 is 10.6 Å². The molecule has 1 aromatic rings. The van der Waals surface area contributed by atoms with Crippen molar-refractivity contribution in [3.8, 4) is 0 Å². The van der Waals surface area contributed by atoms with Crippen molar-refractivity contribution in [3.05, 3.63) is 30.3 Å². The molecular formula is C17H26N2O2. The number of amides is 2. The minimum atomic E-state index is -0.607. The third-order valence-electron chi connectivity index (χ3n) is 3.30. The number of carbonyl (C=O) groups excluding carboxylic acids is 2. The Bertz CT molecular complexity index is 418. The van der Waals surface area contributed by atoms with Crippen LogP contribution in [-0.2, 0) is 9.59 Å². The molecule has 0 unspecified atom stereocenters. The molecule has 0 saturated heterocycles. The molecule has 0 radical (unpaired) electrons. The molecule has 0 aliphatic rings. The van der Waals surface area contributed by atoms with Crippen LogP contribution in [0.4, 0.5) is 5.69 Å². The molecule has 0 aliphatic heterocycles.